The number of thioether (sulfide) groups is 1. The fraction of sp³-hybridized carbons (Fsp3) is 0.308. The van der Waals surface area contributed by atoms with Crippen molar-refractivity contribution < 1.29 is 14.0 Å². The van der Waals surface area contributed by atoms with Crippen molar-refractivity contribution in [3.63, 3.8) is 0 Å². The lowest BCUT2D eigenvalue weighted by molar-refractivity contribution is -0.121. The molecular weight excluding hydrogens is 505 g/mol. The first-order valence-electron chi connectivity index (χ1n) is 11.3. The van der Waals surface area contributed by atoms with Crippen LogP contribution in [0.15, 0.2) is 64.1 Å². The molecule has 2 aliphatic rings. The molecule has 0 saturated carbocycles. The number of halogens is 2. The molecule has 0 saturated heterocycles. The summed E-state index contributed by atoms with van der Waals surface area (Å²) >= 11 is 9.07. The van der Waals surface area contributed by atoms with Gasteiger partial charge in [-0.15, -0.1) is 10.2 Å². The van der Waals surface area contributed by atoms with Gasteiger partial charge in [-0.3, -0.25) is 14.5 Å². The quantitative estimate of drug-likeness (QED) is 0.270. The largest absolute Gasteiger partial charge is 0.294 e. The third kappa shape index (κ3) is 4.79. The Labute approximate surface area is 216 Å². The maximum absolute atomic E-state index is 14.7. The number of allylic oxidation sites excluding steroid dienone is 2. The summed E-state index contributed by atoms with van der Waals surface area (Å²) in [6.07, 6.45) is 0.883. The summed E-state index contributed by atoms with van der Waals surface area (Å²) in [5.41, 5.74) is 2.19. The molecule has 2 aromatic carbocycles. The number of rotatable bonds is 5. The Bertz CT molecular complexity index is 1350. The molecule has 1 unspecified atom stereocenters. The molecular formula is C26H23ClFN3O2S2. The number of carbonyl (C=O) groups excluding carboxylic acids is 2. The first-order chi connectivity index (χ1) is 16.7. The average molecular weight is 528 g/mol. The summed E-state index contributed by atoms with van der Waals surface area (Å²) in [5, 5.41) is 9.71. The van der Waals surface area contributed by atoms with E-state index in [1.165, 1.54) is 29.2 Å². The lowest BCUT2D eigenvalue weighted by Crippen LogP contribution is -2.43. The molecule has 1 aliphatic heterocycles. The summed E-state index contributed by atoms with van der Waals surface area (Å²) in [5.74, 6) is -0.629. The van der Waals surface area contributed by atoms with Gasteiger partial charge >= 0.3 is 0 Å². The molecule has 0 bridgehead atoms. The molecule has 0 radical (unpaired) electrons. The SMILES string of the molecule is CC1(C)CC(=O)C2=C(C1)N(c1nnc(SCc3ccccc3Cl)s1)C(=O)CC2c1ccccc1F. The Morgan fingerprint density at radius 3 is 2.63 bits per heavy atom. The maximum atomic E-state index is 14.7. The van der Waals surface area contributed by atoms with Gasteiger partial charge in [-0.2, -0.15) is 0 Å². The third-order valence-electron chi connectivity index (χ3n) is 6.32. The number of aromatic nitrogens is 2. The lowest BCUT2D eigenvalue weighted by Gasteiger charge is -2.41. The fourth-order valence-electron chi connectivity index (χ4n) is 4.77. The second-order valence-electron chi connectivity index (χ2n) is 9.54. The van der Waals surface area contributed by atoms with Crippen molar-refractivity contribution in [3.05, 3.63) is 81.8 Å². The van der Waals surface area contributed by atoms with Crippen LogP contribution in [0.4, 0.5) is 9.52 Å². The molecule has 0 spiro atoms. The zero-order valence-electron chi connectivity index (χ0n) is 19.3. The molecule has 2 heterocycles. The van der Waals surface area contributed by atoms with E-state index >= 15 is 0 Å². The minimum atomic E-state index is -0.597. The van der Waals surface area contributed by atoms with Crippen molar-refractivity contribution in [2.75, 3.05) is 4.90 Å². The van der Waals surface area contributed by atoms with Gasteiger partial charge in [0.25, 0.3) is 0 Å². The molecule has 1 aromatic heterocycles. The lowest BCUT2D eigenvalue weighted by atomic mass is 9.69. The molecule has 5 nitrogen and oxygen atoms in total. The van der Waals surface area contributed by atoms with Crippen molar-refractivity contribution in [3.8, 4) is 0 Å². The van der Waals surface area contributed by atoms with Gasteiger partial charge < -0.3 is 0 Å². The predicted molar refractivity (Wildman–Crippen MR) is 137 cm³/mol. The van der Waals surface area contributed by atoms with Crippen LogP contribution in [0.3, 0.4) is 0 Å². The highest BCUT2D eigenvalue weighted by molar-refractivity contribution is 8.00. The molecule has 0 N–H and O–H groups in total. The van der Waals surface area contributed by atoms with E-state index < -0.39 is 11.7 Å². The summed E-state index contributed by atoms with van der Waals surface area (Å²) in [4.78, 5) is 28.4. The van der Waals surface area contributed by atoms with E-state index in [4.69, 9.17) is 11.6 Å². The highest BCUT2D eigenvalue weighted by atomic mass is 35.5. The summed E-state index contributed by atoms with van der Waals surface area (Å²) in [7, 11) is 0. The number of carbonyl (C=O) groups is 2. The number of Topliss-reactive ketones (excluding diaryl/α,β-unsaturated/α-hetero) is 1. The van der Waals surface area contributed by atoms with Crippen LogP contribution < -0.4 is 4.90 Å². The number of benzene rings is 2. The van der Waals surface area contributed by atoms with Gasteiger partial charge in [-0.25, -0.2) is 4.39 Å². The van der Waals surface area contributed by atoms with E-state index in [1.54, 1.807) is 23.1 Å². The zero-order valence-corrected chi connectivity index (χ0v) is 21.6. The molecule has 0 fully saturated rings. The van der Waals surface area contributed by atoms with Gasteiger partial charge in [0.1, 0.15) is 5.82 Å². The normalized spacial score (nSPS) is 19.8. The van der Waals surface area contributed by atoms with Crippen LogP contribution in [0.1, 0.15) is 50.2 Å². The van der Waals surface area contributed by atoms with Crippen LogP contribution in [-0.2, 0) is 15.3 Å². The highest BCUT2D eigenvalue weighted by Crippen LogP contribution is 2.49. The molecule has 5 rings (SSSR count). The van der Waals surface area contributed by atoms with E-state index in [-0.39, 0.29) is 23.5 Å². The molecule has 1 amide bonds. The molecule has 3 aromatic rings. The van der Waals surface area contributed by atoms with Crippen LogP contribution >= 0.6 is 34.7 Å². The van der Waals surface area contributed by atoms with Crippen LogP contribution in [0.25, 0.3) is 0 Å². The first-order valence-corrected chi connectivity index (χ1v) is 13.4. The topological polar surface area (TPSA) is 63.2 Å². The van der Waals surface area contributed by atoms with Crippen molar-refractivity contribution >= 4 is 51.5 Å². The first kappa shape index (κ1) is 24.2. The maximum Gasteiger partial charge on any atom is 0.234 e. The minimum Gasteiger partial charge on any atom is -0.294 e. The summed E-state index contributed by atoms with van der Waals surface area (Å²) in [6.45, 7) is 4.02. The Hall–Kier alpha value is -2.55. The Morgan fingerprint density at radius 1 is 1.11 bits per heavy atom. The number of hydrogen-bond donors (Lipinski definition) is 0. The van der Waals surface area contributed by atoms with Crippen LogP contribution in [0.2, 0.25) is 5.02 Å². The number of anilines is 1. The van der Waals surface area contributed by atoms with Crippen LogP contribution in [-0.4, -0.2) is 21.9 Å². The Kier molecular flexibility index (Phi) is 6.55. The minimum absolute atomic E-state index is 0.00755. The average Bonchev–Trinajstić information content (AvgIpc) is 3.25. The van der Waals surface area contributed by atoms with Crippen molar-refractivity contribution in [1.29, 1.82) is 0 Å². The Morgan fingerprint density at radius 2 is 1.86 bits per heavy atom. The summed E-state index contributed by atoms with van der Waals surface area (Å²) < 4.78 is 15.4. The molecule has 9 heteroatoms. The molecule has 35 heavy (non-hydrogen) atoms. The van der Waals surface area contributed by atoms with Crippen LogP contribution in [0.5, 0.6) is 0 Å². The van der Waals surface area contributed by atoms with E-state index in [0.29, 0.717) is 49.9 Å². The van der Waals surface area contributed by atoms with E-state index in [9.17, 15) is 14.0 Å². The van der Waals surface area contributed by atoms with Crippen molar-refractivity contribution in [1.82, 2.24) is 10.2 Å². The third-order valence-corrected chi connectivity index (χ3v) is 8.78. The van der Waals surface area contributed by atoms with Crippen molar-refractivity contribution in [2.45, 2.75) is 49.1 Å². The van der Waals surface area contributed by atoms with Gasteiger partial charge in [0.15, 0.2) is 10.1 Å². The van der Waals surface area contributed by atoms with Gasteiger partial charge in [0.05, 0.1) is 0 Å². The monoisotopic (exact) mass is 527 g/mol. The second kappa shape index (κ2) is 9.48. The van der Waals surface area contributed by atoms with E-state index in [2.05, 4.69) is 10.2 Å². The second-order valence-corrected chi connectivity index (χ2v) is 12.1. The van der Waals surface area contributed by atoms with E-state index in [0.717, 1.165) is 5.56 Å². The molecule has 1 aliphatic carbocycles. The standard InChI is InChI=1S/C26H23ClFN3O2S2/c1-26(2)12-20-23(21(32)13-26)17(16-8-4-6-10-19(16)28)11-22(33)31(20)24-29-30-25(35-24)34-14-15-7-3-5-9-18(15)27/h3-10,17H,11-14H2,1-2H3. The number of nitrogens with zero attached hydrogens (tertiary/aromatic N) is 3. The van der Waals surface area contributed by atoms with Crippen molar-refractivity contribution in [2.24, 2.45) is 5.41 Å². The number of hydrogen-bond acceptors (Lipinski definition) is 6. The number of amides is 1. The fourth-order valence-corrected chi connectivity index (χ4v) is 6.94. The number of ketones is 1. The predicted octanol–water partition coefficient (Wildman–Crippen LogP) is 6.79. The van der Waals surface area contributed by atoms with Gasteiger partial charge in [0.2, 0.25) is 11.0 Å². The highest BCUT2D eigenvalue weighted by Gasteiger charge is 2.45. The summed E-state index contributed by atoms with van der Waals surface area (Å²) in [6, 6.07) is 14.0. The van der Waals surface area contributed by atoms with Crippen LogP contribution in [0, 0.1) is 11.2 Å². The van der Waals surface area contributed by atoms with Gasteiger partial charge in [0, 0.05) is 40.8 Å². The van der Waals surface area contributed by atoms with E-state index in [1.807, 2.05) is 38.1 Å². The Balaban J connectivity index is 1.51. The van der Waals surface area contributed by atoms with Gasteiger partial charge in [-0.1, -0.05) is 84.9 Å². The molecule has 180 valence electrons. The molecule has 1 atom stereocenters. The smallest absolute Gasteiger partial charge is 0.234 e. The zero-order chi connectivity index (χ0) is 24.7. The van der Waals surface area contributed by atoms with Gasteiger partial charge in [-0.05, 0) is 35.1 Å².